The van der Waals surface area contributed by atoms with Gasteiger partial charge >= 0.3 is 0 Å². The number of likely N-dealkylation sites (tertiary alicyclic amines) is 1. The Balaban J connectivity index is 1.09. The molecule has 1 aliphatic heterocycles. The van der Waals surface area contributed by atoms with Gasteiger partial charge in [-0.3, -0.25) is 9.59 Å². The van der Waals surface area contributed by atoms with E-state index in [0.29, 0.717) is 16.1 Å². The number of amides is 2. The van der Waals surface area contributed by atoms with Crippen LogP contribution in [0.25, 0.3) is 10.9 Å². The molecule has 2 aliphatic carbocycles. The summed E-state index contributed by atoms with van der Waals surface area (Å²) >= 11 is 6.17. The van der Waals surface area contributed by atoms with Gasteiger partial charge in [0, 0.05) is 52.3 Å². The number of nitrogens with one attached hydrogen (secondary N) is 3. The Morgan fingerprint density at radius 1 is 0.892 bits per heavy atom. The van der Waals surface area contributed by atoms with E-state index in [2.05, 4.69) is 32.7 Å². The van der Waals surface area contributed by atoms with Crippen molar-refractivity contribution in [1.29, 1.82) is 0 Å². The largest absolute Gasteiger partial charge is 0.360 e. The molecule has 0 spiro atoms. The van der Waals surface area contributed by atoms with Crippen molar-refractivity contribution >= 4 is 34.3 Å². The van der Waals surface area contributed by atoms with Gasteiger partial charge in [0.1, 0.15) is 0 Å². The molecule has 3 aromatic rings. The normalized spacial score (nSPS) is 23.2. The minimum absolute atomic E-state index is 0.0652. The van der Waals surface area contributed by atoms with Gasteiger partial charge in [0.2, 0.25) is 0 Å². The van der Waals surface area contributed by atoms with Crippen LogP contribution in [0, 0.1) is 0 Å². The molecule has 0 radical (unpaired) electrons. The van der Waals surface area contributed by atoms with Crippen molar-refractivity contribution in [1.82, 2.24) is 20.5 Å². The third-order valence-corrected chi connectivity index (χ3v) is 8.94. The molecule has 6 nitrogen and oxygen atoms in total. The molecule has 2 heterocycles. The number of halogens is 1. The first-order valence-electron chi connectivity index (χ1n) is 13.7. The van der Waals surface area contributed by atoms with Crippen molar-refractivity contribution in [2.75, 3.05) is 19.6 Å². The Hall–Kier alpha value is -2.83. The van der Waals surface area contributed by atoms with E-state index in [1.165, 1.54) is 44.3 Å². The average molecular weight is 519 g/mol. The van der Waals surface area contributed by atoms with Crippen molar-refractivity contribution < 1.29 is 9.59 Å². The van der Waals surface area contributed by atoms with Crippen LogP contribution in [0.1, 0.15) is 77.6 Å². The molecule has 6 rings (SSSR count). The number of hydrogen-bond donors (Lipinski definition) is 3. The van der Waals surface area contributed by atoms with Gasteiger partial charge in [0.15, 0.2) is 0 Å². The summed E-state index contributed by atoms with van der Waals surface area (Å²) in [4.78, 5) is 31.9. The van der Waals surface area contributed by atoms with Gasteiger partial charge in [0.05, 0.1) is 5.02 Å². The van der Waals surface area contributed by atoms with E-state index in [0.717, 1.165) is 43.1 Å². The van der Waals surface area contributed by atoms with Crippen molar-refractivity contribution in [3.63, 3.8) is 0 Å². The number of aromatic nitrogens is 1. The zero-order chi connectivity index (χ0) is 25.4. The lowest BCUT2D eigenvalue weighted by molar-refractivity contribution is 0.0863. The van der Waals surface area contributed by atoms with Gasteiger partial charge in [-0.15, -0.1) is 0 Å². The van der Waals surface area contributed by atoms with Crippen molar-refractivity contribution in [3.05, 3.63) is 70.4 Å². The molecule has 1 aromatic heterocycles. The summed E-state index contributed by atoms with van der Waals surface area (Å²) in [5.41, 5.74) is 3.75. The van der Waals surface area contributed by atoms with Gasteiger partial charge in [-0.05, 0) is 81.4 Å². The van der Waals surface area contributed by atoms with Gasteiger partial charge in [-0.2, -0.15) is 0 Å². The van der Waals surface area contributed by atoms with Crippen LogP contribution >= 0.6 is 11.6 Å². The number of carbonyl (C=O) groups is 2. The smallest absolute Gasteiger partial charge is 0.251 e. The molecule has 194 valence electrons. The molecule has 1 saturated heterocycles. The Morgan fingerprint density at radius 3 is 2.16 bits per heavy atom. The van der Waals surface area contributed by atoms with Crippen LogP contribution in [0.5, 0.6) is 0 Å². The molecule has 0 unspecified atom stereocenters. The fourth-order valence-corrected chi connectivity index (χ4v) is 6.46. The Bertz CT molecular complexity index is 1290. The molecular weight excluding hydrogens is 484 g/mol. The van der Waals surface area contributed by atoms with E-state index in [1.54, 1.807) is 12.3 Å². The number of nitrogens with zero attached hydrogens (tertiary/aromatic N) is 1. The zero-order valence-electron chi connectivity index (χ0n) is 21.2. The second-order valence-electron chi connectivity index (χ2n) is 11.2. The topological polar surface area (TPSA) is 77.2 Å². The highest BCUT2D eigenvalue weighted by Gasteiger charge is 2.45. The zero-order valence-corrected chi connectivity index (χ0v) is 21.9. The number of rotatable bonds is 7. The molecule has 3 aliphatic rings. The second-order valence-corrected chi connectivity index (χ2v) is 11.6. The fraction of sp³-hybridized carbons (Fsp3) is 0.467. The number of benzene rings is 2. The first-order valence-corrected chi connectivity index (χ1v) is 14.1. The van der Waals surface area contributed by atoms with Gasteiger partial charge in [-0.1, -0.05) is 42.6 Å². The number of aromatic amines is 1. The highest BCUT2D eigenvalue weighted by molar-refractivity contribution is 6.35. The molecule has 0 bridgehead atoms. The van der Waals surface area contributed by atoms with Crippen LogP contribution in [0.2, 0.25) is 5.02 Å². The summed E-state index contributed by atoms with van der Waals surface area (Å²) in [5.74, 6) is -0.194. The molecule has 2 saturated carbocycles. The predicted octanol–water partition coefficient (Wildman–Crippen LogP) is 5.42. The van der Waals surface area contributed by atoms with Gasteiger partial charge in [0.25, 0.3) is 11.8 Å². The third-order valence-electron chi connectivity index (χ3n) is 8.63. The second kappa shape index (κ2) is 10.1. The molecule has 2 atom stereocenters. The number of H-pyrrole nitrogens is 1. The molecule has 2 aromatic carbocycles. The molecule has 3 fully saturated rings. The summed E-state index contributed by atoms with van der Waals surface area (Å²) < 4.78 is 0. The summed E-state index contributed by atoms with van der Waals surface area (Å²) in [6.45, 7) is 3.58. The molecule has 7 heteroatoms. The Kier molecular flexibility index (Phi) is 6.72. The lowest BCUT2D eigenvalue weighted by Gasteiger charge is -2.33. The van der Waals surface area contributed by atoms with E-state index >= 15 is 0 Å². The van der Waals surface area contributed by atoms with E-state index < -0.39 is 0 Å². The lowest BCUT2D eigenvalue weighted by Crippen LogP contribution is -2.53. The quantitative estimate of drug-likeness (QED) is 0.391. The fourth-order valence-electron chi connectivity index (χ4n) is 6.24. The van der Waals surface area contributed by atoms with Crippen LogP contribution in [-0.2, 0) is 5.41 Å². The van der Waals surface area contributed by atoms with Gasteiger partial charge in [-0.25, -0.2) is 0 Å². The summed E-state index contributed by atoms with van der Waals surface area (Å²) in [6.07, 6.45) is 10.6. The molecule has 37 heavy (non-hydrogen) atoms. The van der Waals surface area contributed by atoms with E-state index in [-0.39, 0.29) is 29.3 Å². The third kappa shape index (κ3) is 5.14. The maximum Gasteiger partial charge on any atom is 0.251 e. The maximum atomic E-state index is 13.2. The highest BCUT2D eigenvalue weighted by atomic mass is 35.5. The first kappa shape index (κ1) is 24.5. The first-order chi connectivity index (χ1) is 18.0. The Labute approximate surface area is 223 Å². The minimum atomic E-state index is -0.129. The van der Waals surface area contributed by atoms with Crippen molar-refractivity contribution in [3.8, 4) is 0 Å². The van der Waals surface area contributed by atoms with Crippen molar-refractivity contribution in [2.45, 2.75) is 68.9 Å². The van der Waals surface area contributed by atoms with Gasteiger partial charge < -0.3 is 20.5 Å². The van der Waals surface area contributed by atoms with Crippen LogP contribution in [-0.4, -0.2) is 53.4 Å². The van der Waals surface area contributed by atoms with Crippen LogP contribution in [0.3, 0.4) is 0 Å². The number of carbonyl (C=O) groups excluding carboxylic acids is 2. The van der Waals surface area contributed by atoms with E-state index in [9.17, 15) is 9.59 Å². The molecule has 2 amide bonds. The monoisotopic (exact) mass is 518 g/mol. The molecular formula is C30H35ClN4O2. The highest BCUT2D eigenvalue weighted by Crippen LogP contribution is 2.49. The predicted molar refractivity (Wildman–Crippen MR) is 147 cm³/mol. The van der Waals surface area contributed by atoms with E-state index in [1.807, 2.05) is 24.3 Å². The maximum absolute atomic E-state index is 13.2. The number of hydrogen-bond acceptors (Lipinski definition) is 3. The summed E-state index contributed by atoms with van der Waals surface area (Å²) in [7, 11) is 0. The van der Waals surface area contributed by atoms with Crippen molar-refractivity contribution in [2.24, 2.45) is 0 Å². The van der Waals surface area contributed by atoms with Crippen LogP contribution in [0.4, 0.5) is 0 Å². The summed E-state index contributed by atoms with van der Waals surface area (Å²) in [6, 6.07) is 13.6. The molecule has 3 N–H and O–H groups in total. The van der Waals surface area contributed by atoms with Crippen LogP contribution in [0.15, 0.2) is 48.7 Å². The Morgan fingerprint density at radius 2 is 1.51 bits per heavy atom. The number of fused-ring (bicyclic) bond motifs is 1. The average Bonchev–Trinajstić information content (AvgIpc) is 3.33. The van der Waals surface area contributed by atoms with E-state index in [4.69, 9.17) is 11.6 Å². The van der Waals surface area contributed by atoms with Crippen LogP contribution < -0.4 is 10.6 Å². The summed E-state index contributed by atoms with van der Waals surface area (Å²) in [5, 5.41) is 7.94. The minimum Gasteiger partial charge on any atom is -0.360 e. The standard InChI is InChI=1S/C30H35ClN4O2/c31-24-18-32-27-17-21(9-12-23(24)27)29(37)34-26-6-2-1-5-25(26)33-28(36)20-7-10-22(11-8-20)30(13-14-30)19-35-15-3-4-16-35/h7-12,17-18,25-26,32H,1-6,13-16,19H2,(H,33,36)(H,34,37)/t25-,26-/m1/s1. The lowest BCUT2D eigenvalue weighted by atomic mass is 9.89. The SMILES string of the molecule is O=C(N[C@@H]1CCCC[C@H]1NC(=O)c1ccc2c(Cl)c[nH]c2c1)c1ccc(C2(CN3CCCC3)CC2)cc1.